The molecule has 6 nitrogen and oxygen atoms in total. The standard InChI is InChI=1S/C24H26F2N2O4/c25-17-3-5-22(19(26)9-17)32-18-8-16-11-28(13-24(16,31)10-18)12-21(29)15-1-4-20-14(7-15)2-6-23(30)27-20/h1,3-5,7,9,16,18,21,29,31H,2,6,8,10-13H2,(H,27,30)/t16-,18+,21-,24-/m0/s1. The molecule has 4 atom stereocenters. The number of likely N-dealkylation sites (tertiary alicyclic amines) is 1. The van der Waals surface area contributed by atoms with E-state index in [1.807, 2.05) is 23.1 Å². The number of nitrogens with zero attached hydrogens (tertiary/aromatic N) is 1. The number of carbonyl (C=O) groups is 1. The van der Waals surface area contributed by atoms with Crippen LogP contribution in [-0.4, -0.2) is 52.4 Å². The normalized spacial score (nSPS) is 28.2. The molecule has 2 aromatic rings. The van der Waals surface area contributed by atoms with Crippen LogP contribution in [0, 0.1) is 17.6 Å². The number of rotatable bonds is 5. The van der Waals surface area contributed by atoms with E-state index in [4.69, 9.17) is 4.74 Å². The molecule has 1 saturated heterocycles. The van der Waals surface area contributed by atoms with Gasteiger partial charge in [-0.3, -0.25) is 9.69 Å². The van der Waals surface area contributed by atoms with Gasteiger partial charge in [-0.2, -0.15) is 0 Å². The lowest BCUT2D eigenvalue weighted by Crippen LogP contribution is -2.36. The highest BCUT2D eigenvalue weighted by molar-refractivity contribution is 5.93. The second-order valence-corrected chi connectivity index (χ2v) is 9.23. The lowest BCUT2D eigenvalue weighted by atomic mass is 9.95. The first-order valence-electron chi connectivity index (χ1n) is 11.0. The Bertz CT molecular complexity index is 1050. The van der Waals surface area contributed by atoms with Gasteiger partial charge in [0.25, 0.3) is 0 Å². The van der Waals surface area contributed by atoms with Gasteiger partial charge in [-0.1, -0.05) is 12.1 Å². The van der Waals surface area contributed by atoms with Crippen molar-refractivity contribution in [1.29, 1.82) is 0 Å². The van der Waals surface area contributed by atoms with E-state index < -0.39 is 23.3 Å². The third-order valence-corrected chi connectivity index (χ3v) is 6.89. The lowest BCUT2D eigenvalue weighted by Gasteiger charge is -2.25. The van der Waals surface area contributed by atoms with Crippen molar-refractivity contribution in [2.24, 2.45) is 5.92 Å². The minimum absolute atomic E-state index is 0.00384. The number of halogens is 2. The Kier molecular flexibility index (Phi) is 5.39. The van der Waals surface area contributed by atoms with Gasteiger partial charge in [0.2, 0.25) is 5.91 Å². The molecule has 1 amide bonds. The SMILES string of the molecule is O=C1CCc2cc([C@@H](O)CN3C[C@@H]4C[C@@H](Oc5ccc(F)cc5F)C[C@]4(O)C3)ccc2N1. The summed E-state index contributed by atoms with van der Waals surface area (Å²) in [5, 5.41) is 24.7. The largest absolute Gasteiger partial charge is 0.487 e. The number of aliphatic hydroxyl groups is 2. The van der Waals surface area contributed by atoms with Gasteiger partial charge in [0.05, 0.1) is 11.7 Å². The van der Waals surface area contributed by atoms with Crippen LogP contribution < -0.4 is 10.1 Å². The maximum atomic E-state index is 13.9. The van der Waals surface area contributed by atoms with Crippen molar-refractivity contribution in [2.75, 3.05) is 25.0 Å². The number of hydrogen-bond donors (Lipinski definition) is 3. The third kappa shape index (κ3) is 4.10. The molecule has 8 heteroatoms. The molecule has 1 aliphatic carbocycles. The second kappa shape index (κ2) is 8.10. The number of benzene rings is 2. The first-order valence-corrected chi connectivity index (χ1v) is 11.0. The van der Waals surface area contributed by atoms with Crippen molar-refractivity contribution in [3.63, 3.8) is 0 Å². The first kappa shape index (κ1) is 21.3. The minimum atomic E-state index is -0.957. The Morgan fingerprint density at radius 3 is 2.84 bits per heavy atom. The van der Waals surface area contributed by atoms with Crippen LogP contribution in [-0.2, 0) is 11.2 Å². The zero-order valence-electron chi connectivity index (χ0n) is 17.6. The molecule has 0 radical (unpaired) electrons. The Balaban J connectivity index is 1.19. The number of hydrogen-bond acceptors (Lipinski definition) is 5. The van der Waals surface area contributed by atoms with E-state index in [1.165, 1.54) is 6.07 Å². The zero-order valence-corrected chi connectivity index (χ0v) is 17.6. The summed E-state index contributed by atoms with van der Waals surface area (Å²) in [6.07, 6.45) is 0.980. The van der Waals surface area contributed by atoms with Crippen molar-refractivity contribution in [3.05, 3.63) is 59.2 Å². The molecular weight excluding hydrogens is 418 g/mol. The number of fused-ring (bicyclic) bond motifs is 2. The van der Waals surface area contributed by atoms with Gasteiger partial charge in [-0.15, -0.1) is 0 Å². The van der Waals surface area contributed by atoms with Crippen molar-refractivity contribution in [1.82, 2.24) is 4.90 Å². The van der Waals surface area contributed by atoms with E-state index in [0.717, 1.165) is 28.9 Å². The average Bonchev–Trinajstić information content (AvgIpc) is 3.19. The van der Waals surface area contributed by atoms with Gasteiger partial charge in [-0.05, 0) is 42.2 Å². The minimum Gasteiger partial charge on any atom is -0.487 e. The molecule has 3 aliphatic rings. The van der Waals surface area contributed by atoms with Crippen LogP contribution >= 0.6 is 0 Å². The highest BCUT2D eigenvalue weighted by Crippen LogP contribution is 2.43. The third-order valence-electron chi connectivity index (χ3n) is 6.89. The summed E-state index contributed by atoms with van der Waals surface area (Å²) in [5.74, 6) is -1.44. The maximum Gasteiger partial charge on any atom is 0.224 e. The topological polar surface area (TPSA) is 82.0 Å². The van der Waals surface area contributed by atoms with Gasteiger partial charge >= 0.3 is 0 Å². The fourth-order valence-corrected chi connectivity index (χ4v) is 5.32. The summed E-state index contributed by atoms with van der Waals surface area (Å²) in [7, 11) is 0. The molecule has 0 bridgehead atoms. The number of amides is 1. The van der Waals surface area contributed by atoms with Gasteiger partial charge in [0, 0.05) is 50.1 Å². The number of anilines is 1. The molecule has 0 spiro atoms. The van der Waals surface area contributed by atoms with Crippen molar-refractivity contribution in [3.8, 4) is 5.75 Å². The van der Waals surface area contributed by atoms with Crippen LogP contribution in [0.5, 0.6) is 5.75 Å². The van der Waals surface area contributed by atoms with E-state index in [2.05, 4.69) is 5.32 Å². The molecule has 170 valence electrons. The molecular formula is C24H26F2N2O4. The summed E-state index contributed by atoms with van der Waals surface area (Å²) >= 11 is 0. The average molecular weight is 444 g/mol. The van der Waals surface area contributed by atoms with E-state index in [1.54, 1.807) is 0 Å². The van der Waals surface area contributed by atoms with Crippen LogP contribution in [0.2, 0.25) is 0 Å². The van der Waals surface area contributed by atoms with Gasteiger partial charge < -0.3 is 20.3 Å². The summed E-state index contributed by atoms with van der Waals surface area (Å²) < 4.78 is 32.7. The number of nitrogens with one attached hydrogen (secondary N) is 1. The fraction of sp³-hybridized carbons (Fsp3) is 0.458. The quantitative estimate of drug-likeness (QED) is 0.661. The second-order valence-electron chi connectivity index (χ2n) is 9.23. The molecule has 3 N–H and O–H groups in total. The number of ether oxygens (including phenoxy) is 1. The van der Waals surface area contributed by atoms with Crippen molar-refractivity contribution >= 4 is 11.6 Å². The number of aryl methyl sites for hydroxylation is 1. The first-order chi connectivity index (χ1) is 15.3. The summed E-state index contributed by atoms with van der Waals surface area (Å²) in [6, 6.07) is 8.80. The highest BCUT2D eigenvalue weighted by Gasteiger charge is 2.53. The Labute approximate surface area is 184 Å². The van der Waals surface area contributed by atoms with Crippen LogP contribution in [0.3, 0.4) is 0 Å². The molecule has 2 aromatic carbocycles. The lowest BCUT2D eigenvalue weighted by molar-refractivity contribution is -0.116. The molecule has 2 aliphatic heterocycles. The molecule has 2 heterocycles. The summed E-state index contributed by atoms with van der Waals surface area (Å²) in [4.78, 5) is 13.6. The van der Waals surface area contributed by atoms with E-state index in [9.17, 15) is 23.8 Å². The fourth-order valence-electron chi connectivity index (χ4n) is 5.32. The molecule has 0 aromatic heterocycles. The van der Waals surface area contributed by atoms with E-state index >= 15 is 0 Å². The van der Waals surface area contributed by atoms with E-state index in [0.29, 0.717) is 45.3 Å². The van der Waals surface area contributed by atoms with Gasteiger partial charge in [-0.25, -0.2) is 8.78 Å². The number of aliphatic hydroxyl groups excluding tert-OH is 1. The van der Waals surface area contributed by atoms with E-state index in [-0.39, 0.29) is 23.7 Å². The molecule has 5 rings (SSSR count). The Hall–Kier alpha value is -2.55. The van der Waals surface area contributed by atoms with Crippen LogP contribution in [0.1, 0.15) is 36.5 Å². The van der Waals surface area contributed by atoms with Crippen LogP contribution in [0.4, 0.5) is 14.5 Å². The highest BCUT2D eigenvalue weighted by atomic mass is 19.1. The number of carbonyl (C=O) groups excluding carboxylic acids is 1. The molecule has 2 fully saturated rings. The predicted octanol–water partition coefficient (Wildman–Crippen LogP) is 2.79. The van der Waals surface area contributed by atoms with Crippen LogP contribution in [0.15, 0.2) is 36.4 Å². The van der Waals surface area contributed by atoms with Gasteiger partial charge in [0.1, 0.15) is 11.9 Å². The van der Waals surface area contributed by atoms with Crippen molar-refractivity contribution < 1.29 is 28.5 Å². The predicted molar refractivity (Wildman–Crippen MR) is 113 cm³/mol. The Morgan fingerprint density at radius 2 is 2.06 bits per heavy atom. The number of β-amino-alcohol motifs (C(OH)–C–C–N with tert-alkyl or cyclic N) is 2. The van der Waals surface area contributed by atoms with Crippen molar-refractivity contribution in [2.45, 2.75) is 43.5 Å². The zero-order chi connectivity index (χ0) is 22.5. The monoisotopic (exact) mass is 444 g/mol. The molecule has 32 heavy (non-hydrogen) atoms. The molecule has 0 unspecified atom stereocenters. The maximum absolute atomic E-state index is 13.9. The summed E-state index contributed by atoms with van der Waals surface area (Å²) in [6.45, 7) is 1.41. The summed E-state index contributed by atoms with van der Waals surface area (Å²) in [5.41, 5.74) is 1.65. The smallest absolute Gasteiger partial charge is 0.224 e. The Morgan fingerprint density at radius 1 is 1.22 bits per heavy atom. The van der Waals surface area contributed by atoms with Gasteiger partial charge in [0.15, 0.2) is 11.6 Å². The van der Waals surface area contributed by atoms with Crippen LogP contribution in [0.25, 0.3) is 0 Å². The molecule has 1 saturated carbocycles.